The molecule has 6 heteroatoms. The number of aliphatic hydroxyl groups excluding tert-OH is 1. The zero-order valence-corrected chi connectivity index (χ0v) is 11.7. The molecule has 6 nitrogen and oxygen atoms in total. The molecule has 114 valence electrons. The number of carboxylic acids is 1. The molecule has 0 spiro atoms. The molecule has 0 aliphatic heterocycles. The van der Waals surface area contributed by atoms with Crippen molar-refractivity contribution in [2.75, 3.05) is 6.61 Å². The van der Waals surface area contributed by atoms with Crippen LogP contribution < -0.4 is 10.6 Å². The van der Waals surface area contributed by atoms with Gasteiger partial charge in [-0.1, -0.05) is 24.3 Å². The Morgan fingerprint density at radius 1 is 1.29 bits per heavy atom. The molecule has 2 rings (SSSR count). The number of hydrogen-bond acceptors (Lipinski definition) is 3. The molecule has 1 aromatic rings. The quantitative estimate of drug-likeness (QED) is 0.641. The maximum atomic E-state index is 11.8. The van der Waals surface area contributed by atoms with Gasteiger partial charge in [0.05, 0.1) is 0 Å². The SMILES string of the molecule is O=C(NC1CCc2ccccc2C1)N[C@H](CCO)C(=O)O. The normalized spacial score (nSPS) is 18.4. The second kappa shape index (κ2) is 7.08. The molecule has 4 N–H and O–H groups in total. The van der Waals surface area contributed by atoms with Crippen molar-refractivity contribution in [3.8, 4) is 0 Å². The first-order valence-electron chi connectivity index (χ1n) is 7.07. The second-order valence-electron chi connectivity index (χ2n) is 5.23. The number of carbonyl (C=O) groups is 2. The first kappa shape index (κ1) is 15.3. The Labute approximate surface area is 123 Å². The number of urea groups is 1. The van der Waals surface area contributed by atoms with Gasteiger partial charge in [-0.2, -0.15) is 0 Å². The standard InChI is InChI=1S/C15H20N2O4/c18-8-7-13(14(19)20)17-15(21)16-12-6-5-10-3-1-2-4-11(10)9-12/h1-4,12-13,18H,5-9H2,(H,19,20)(H2,16,17,21)/t12?,13-/m1/s1. The Morgan fingerprint density at radius 3 is 2.67 bits per heavy atom. The van der Waals surface area contributed by atoms with Crippen LogP contribution in [0.4, 0.5) is 4.79 Å². The number of carbonyl (C=O) groups excluding carboxylic acids is 1. The maximum absolute atomic E-state index is 11.8. The van der Waals surface area contributed by atoms with Gasteiger partial charge < -0.3 is 20.8 Å². The zero-order chi connectivity index (χ0) is 15.2. The molecule has 0 radical (unpaired) electrons. The minimum absolute atomic E-state index is 0.00321. The van der Waals surface area contributed by atoms with Crippen molar-refractivity contribution < 1.29 is 19.8 Å². The Kier molecular flexibility index (Phi) is 5.16. The summed E-state index contributed by atoms with van der Waals surface area (Å²) in [4.78, 5) is 22.8. The lowest BCUT2D eigenvalue weighted by atomic mass is 9.88. The summed E-state index contributed by atoms with van der Waals surface area (Å²) >= 11 is 0. The molecule has 1 aliphatic rings. The fraction of sp³-hybridized carbons (Fsp3) is 0.467. The van der Waals surface area contributed by atoms with Gasteiger partial charge in [0.15, 0.2) is 0 Å². The molecule has 0 bridgehead atoms. The molecule has 2 amide bonds. The molecule has 2 atom stereocenters. The van der Waals surface area contributed by atoms with Gasteiger partial charge in [-0.25, -0.2) is 9.59 Å². The lowest BCUT2D eigenvalue weighted by Crippen LogP contribution is -2.50. The zero-order valence-electron chi connectivity index (χ0n) is 11.7. The third kappa shape index (κ3) is 4.19. The van der Waals surface area contributed by atoms with Gasteiger partial charge >= 0.3 is 12.0 Å². The average molecular weight is 292 g/mol. The van der Waals surface area contributed by atoms with Crippen molar-refractivity contribution in [1.29, 1.82) is 0 Å². The van der Waals surface area contributed by atoms with E-state index in [1.54, 1.807) is 0 Å². The van der Waals surface area contributed by atoms with E-state index in [4.69, 9.17) is 10.2 Å². The third-order valence-electron chi connectivity index (χ3n) is 3.70. The van der Waals surface area contributed by atoms with Crippen LogP contribution in [0, 0.1) is 0 Å². The molecule has 0 saturated carbocycles. The summed E-state index contributed by atoms with van der Waals surface area (Å²) in [5.74, 6) is -1.15. The van der Waals surface area contributed by atoms with E-state index in [1.807, 2.05) is 18.2 Å². The summed E-state index contributed by atoms with van der Waals surface area (Å²) < 4.78 is 0. The van der Waals surface area contributed by atoms with Crippen molar-refractivity contribution in [3.05, 3.63) is 35.4 Å². The average Bonchev–Trinajstić information content (AvgIpc) is 2.46. The van der Waals surface area contributed by atoms with Crippen LogP contribution in [0.15, 0.2) is 24.3 Å². The molecule has 1 aromatic carbocycles. The van der Waals surface area contributed by atoms with Gasteiger partial charge in [0.2, 0.25) is 0 Å². The lowest BCUT2D eigenvalue weighted by molar-refractivity contribution is -0.139. The van der Waals surface area contributed by atoms with E-state index < -0.39 is 18.0 Å². The molecule has 0 heterocycles. The number of aryl methyl sites for hydroxylation is 1. The summed E-state index contributed by atoms with van der Waals surface area (Å²) in [5.41, 5.74) is 2.53. The monoisotopic (exact) mass is 292 g/mol. The van der Waals surface area contributed by atoms with E-state index in [0.717, 1.165) is 19.3 Å². The number of amides is 2. The molecule has 1 unspecified atom stereocenters. The Bertz CT molecular complexity index is 518. The minimum atomic E-state index is -1.15. The Hall–Kier alpha value is -2.08. The van der Waals surface area contributed by atoms with Crippen LogP contribution in [0.2, 0.25) is 0 Å². The lowest BCUT2D eigenvalue weighted by Gasteiger charge is -2.26. The predicted octanol–water partition coefficient (Wildman–Crippen LogP) is 0.679. The van der Waals surface area contributed by atoms with E-state index in [1.165, 1.54) is 11.1 Å². The third-order valence-corrected chi connectivity index (χ3v) is 3.70. The van der Waals surface area contributed by atoms with Crippen LogP contribution in [0.25, 0.3) is 0 Å². The Balaban J connectivity index is 1.88. The van der Waals surface area contributed by atoms with Gasteiger partial charge in [-0.3, -0.25) is 0 Å². The highest BCUT2D eigenvalue weighted by atomic mass is 16.4. The van der Waals surface area contributed by atoms with E-state index >= 15 is 0 Å². The van der Waals surface area contributed by atoms with E-state index in [-0.39, 0.29) is 19.1 Å². The number of nitrogens with one attached hydrogen (secondary N) is 2. The molecule has 0 aromatic heterocycles. The molecular formula is C15H20N2O4. The number of aliphatic carboxylic acids is 1. The molecule has 1 aliphatic carbocycles. The fourth-order valence-electron chi connectivity index (χ4n) is 2.59. The summed E-state index contributed by atoms with van der Waals surface area (Å²) in [6.45, 7) is -0.284. The summed E-state index contributed by atoms with van der Waals surface area (Å²) in [7, 11) is 0. The van der Waals surface area contributed by atoms with Crippen LogP contribution >= 0.6 is 0 Å². The van der Waals surface area contributed by atoms with Crippen molar-refractivity contribution in [2.45, 2.75) is 37.8 Å². The van der Waals surface area contributed by atoms with Gasteiger partial charge in [-0.05, 0) is 30.4 Å². The van der Waals surface area contributed by atoms with Gasteiger partial charge in [0.25, 0.3) is 0 Å². The van der Waals surface area contributed by atoms with Crippen molar-refractivity contribution in [1.82, 2.24) is 10.6 Å². The van der Waals surface area contributed by atoms with Crippen LogP contribution in [0.3, 0.4) is 0 Å². The summed E-state index contributed by atoms with van der Waals surface area (Å²) in [6, 6.07) is 6.56. The van der Waals surface area contributed by atoms with Crippen molar-refractivity contribution >= 4 is 12.0 Å². The highest BCUT2D eigenvalue weighted by Gasteiger charge is 2.23. The van der Waals surface area contributed by atoms with E-state index in [2.05, 4.69) is 16.7 Å². The van der Waals surface area contributed by atoms with Crippen LogP contribution in [-0.2, 0) is 17.6 Å². The van der Waals surface area contributed by atoms with E-state index in [9.17, 15) is 9.59 Å². The largest absolute Gasteiger partial charge is 0.480 e. The summed E-state index contributed by atoms with van der Waals surface area (Å²) in [5, 5.41) is 22.9. The molecular weight excluding hydrogens is 272 g/mol. The van der Waals surface area contributed by atoms with Crippen LogP contribution in [0.1, 0.15) is 24.0 Å². The second-order valence-corrected chi connectivity index (χ2v) is 5.23. The predicted molar refractivity (Wildman–Crippen MR) is 77.0 cm³/mol. The number of rotatable bonds is 5. The molecule has 0 saturated heterocycles. The van der Waals surface area contributed by atoms with Gasteiger partial charge in [0, 0.05) is 19.1 Å². The van der Waals surface area contributed by atoms with Crippen molar-refractivity contribution in [2.24, 2.45) is 0 Å². The Morgan fingerprint density at radius 2 is 2.00 bits per heavy atom. The highest BCUT2D eigenvalue weighted by molar-refractivity contribution is 5.82. The topological polar surface area (TPSA) is 98.7 Å². The van der Waals surface area contributed by atoms with Crippen LogP contribution in [0.5, 0.6) is 0 Å². The molecule has 21 heavy (non-hydrogen) atoms. The maximum Gasteiger partial charge on any atom is 0.326 e. The number of aliphatic hydroxyl groups is 1. The smallest absolute Gasteiger partial charge is 0.326 e. The van der Waals surface area contributed by atoms with Crippen LogP contribution in [-0.4, -0.2) is 40.9 Å². The fourth-order valence-corrected chi connectivity index (χ4v) is 2.59. The van der Waals surface area contributed by atoms with Gasteiger partial charge in [-0.15, -0.1) is 0 Å². The first-order chi connectivity index (χ1) is 10.1. The summed E-state index contributed by atoms with van der Waals surface area (Å²) in [6.07, 6.45) is 2.49. The van der Waals surface area contributed by atoms with Crippen molar-refractivity contribution in [3.63, 3.8) is 0 Å². The van der Waals surface area contributed by atoms with E-state index in [0.29, 0.717) is 0 Å². The number of hydrogen-bond donors (Lipinski definition) is 4. The van der Waals surface area contributed by atoms with Gasteiger partial charge in [0.1, 0.15) is 6.04 Å². The highest BCUT2D eigenvalue weighted by Crippen LogP contribution is 2.20. The minimum Gasteiger partial charge on any atom is -0.480 e. The molecule has 0 fully saturated rings. The number of fused-ring (bicyclic) bond motifs is 1. The first-order valence-corrected chi connectivity index (χ1v) is 7.07. The number of carboxylic acid groups (broad SMARTS) is 1. The number of benzene rings is 1.